The number of amides is 2. The van der Waals surface area contributed by atoms with Crippen LogP contribution in [0.15, 0.2) is 66.7 Å². The van der Waals surface area contributed by atoms with Crippen LogP contribution in [-0.4, -0.2) is 16.8 Å². The predicted molar refractivity (Wildman–Crippen MR) is 92.1 cm³/mol. The lowest BCUT2D eigenvalue weighted by Crippen LogP contribution is -2.10. The monoisotopic (exact) mass is 317 g/mol. The van der Waals surface area contributed by atoms with Crippen LogP contribution in [0.25, 0.3) is 22.5 Å². The third-order valence-corrected chi connectivity index (χ3v) is 3.68. The van der Waals surface area contributed by atoms with Crippen LogP contribution in [-0.2, 0) is 0 Å². The Morgan fingerprint density at radius 2 is 1.00 bits per heavy atom. The molecule has 24 heavy (non-hydrogen) atoms. The fraction of sp³-hybridized carbons (Fsp3) is 0. The molecule has 2 aromatic carbocycles. The standard InChI is InChI=1S/C19H15N3O2/c20-18(23)14-8-4-12(5-9-14)16-2-1-3-17(22-16)13-6-10-15(11-7-13)19(21)24/h1-11H,(H2,20,23)(H2,21,24). The van der Waals surface area contributed by atoms with Crippen LogP contribution in [0, 0.1) is 0 Å². The number of benzene rings is 2. The van der Waals surface area contributed by atoms with Crippen molar-refractivity contribution in [1.82, 2.24) is 4.98 Å². The number of carbonyl (C=O) groups excluding carboxylic acids is 2. The summed E-state index contributed by atoms with van der Waals surface area (Å²) in [5, 5.41) is 0. The van der Waals surface area contributed by atoms with E-state index in [1.165, 1.54) is 0 Å². The molecular formula is C19H15N3O2. The molecule has 0 unspecified atom stereocenters. The van der Waals surface area contributed by atoms with E-state index in [1.807, 2.05) is 42.5 Å². The van der Waals surface area contributed by atoms with Crippen LogP contribution in [0.4, 0.5) is 0 Å². The van der Waals surface area contributed by atoms with Crippen molar-refractivity contribution >= 4 is 11.8 Å². The predicted octanol–water partition coefficient (Wildman–Crippen LogP) is 2.61. The van der Waals surface area contributed by atoms with E-state index in [0.717, 1.165) is 22.5 Å². The van der Waals surface area contributed by atoms with E-state index in [0.29, 0.717) is 11.1 Å². The zero-order chi connectivity index (χ0) is 17.1. The van der Waals surface area contributed by atoms with Crippen molar-refractivity contribution in [2.75, 3.05) is 0 Å². The minimum Gasteiger partial charge on any atom is -0.366 e. The Morgan fingerprint density at radius 3 is 1.33 bits per heavy atom. The second-order valence-electron chi connectivity index (χ2n) is 5.29. The Balaban J connectivity index is 1.94. The number of pyridine rings is 1. The largest absolute Gasteiger partial charge is 0.366 e. The molecule has 1 aromatic heterocycles. The summed E-state index contributed by atoms with van der Waals surface area (Å²) in [7, 11) is 0. The summed E-state index contributed by atoms with van der Waals surface area (Å²) in [6.07, 6.45) is 0. The van der Waals surface area contributed by atoms with Crippen LogP contribution in [0.3, 0.4) is 0 Å². The molecule has 4 N–H and O–H groups in total. The lowest BCUT2D eigenvalue weighted by molar-refractivity contribution is 0.0992. The van der Waals surface area contributed by atoms with Gasteiger partial charge in [-0.05, 0) is 36.4 Å². The molecule has 5 nitrogen and oxygen atoms in total. The fourth-order valence-electron chi connectivity index (χ4n) is 2.37. The Kier molecular flexibility index (Phi) is 4.07. The molecule has 0 atom stereocenters. The molecule has 0 saturated carbocycles. The molecule has 3 rings (SSSR count). The lowest BCUT2D eigenvalue weighted by Gasteiger charge is -2.06. The maximum atomic E-state index is 11.1. The van der Waals surface area contributed by atoms with Crippen LogP contribution >= 0.6 is 0 Å². The zero-order valence-corrected chi connectivity index (χ0v) is 12.8. The van der Waals surface area contributed by atoms with E-state index >= 15 is 0 Å². The number of hydrogen-bond donors (Lipinski definition) is 2. The summed E-state index contributed by atoms with van der Waals surface area (Å²) in [6, 6.07) is 19.6. The smallest absolute Gasteiger partial charge is 0.248 e. The van der Waals surface area contributed by atoms with Crippen LogP contribution in [0.1, 0.15) is 20.7 Å². The molecule has 0 aliphatic rings. The van der Waals surface area contributed by atoms with Gasteiger partial charge in [0.2, 0.25) is 11.8 Å². The summed E-state index contributed by atoms with van der Waals surface area (Å²) in [5.41, 5.74) is 14.7. The Labute approximate surface area is 138 Å². The normalized spacial score (nSPS) is 10.3. The average molecular weight is 317 g/mol. The molecule has 0 aliphatic heterocycles. The lowest BCUT2D eigenvalue weighted by atomic mass is 10.1. The van der Waals surface area contributed by atoms with E-state index in [9.17, 15) is 9.59 Å². The van der Waals surface area contributed by atoms with E-state index in [2.05, 4.69) is 4.98 Å². The van der Waals surface area contributed by atoms with E-state index in [4.69, 9.17) is 11.5 Å². The highest BCUT2D eigenvalue weighted by atomic mass is 16.1. The first kappa shape index (κ1) is 15.4. The van der Waals surface area contributed by atoms with Gasteiger partial charge >= 0.3 is 0 Å². The quantitative estimate of drug-likeness (QED) is 0.773. The van der Waals surface area contributed by atoms with Gasteiger partial charge in [0, 0.05) is 22.3 Å². The van der Waals surface area contributed by atoms with Gasteiger partial charge in [0.05, 0.1) is 11.4 Å². The molecule has 2 amide bonds. The summed E-state index contributed by atoms with van der Waals surface area (Å²) < 4.78 is 0. The maximum Gasteiger partial charge on any atom is 0.248 e. The maximum absolute atomic E-state index is 11.1. The van der Waals surface area contributed by atoms with Crippen molar-refractivity contribution in [1.29, 1.82) is 0 Å². The molecule has 0 fully saturated rings. The second-order valence-corrected chi connectivity index (χ2v) is 5.29. The van der Waals surface area contributed by atoms with Crippen LogP contribution < -0.4 is 11.5 Å². The highest BCUT2D eigenvalue weighted by molar-refractivity contribution is 5.93. The van der Waals surface area contributed by atoms with E-state index in [-0.39, 0.29) is 0 Å². The average Bonchev–Trinajstić information content (AvgIpc) is 2.62. The molecule has 1 heterocycles. The summed E-state index contributed by atoms with van der Waals surface area (Å²) in [4.78, 5) is 26.9. The highest BCUT2D eigenvalue weighted by Crippen LogP contribution is 2.23. The molecule has 0 aliphatic carbocycles. The van der Waals surface area contributed by atoms with E-state index < -0.39 is 11.8 Å². The molecule has 0 radical (unpaired) electrons. The van der Waals surface area contributed by atoms with Crippen molar-refractivity contribution in [3.05, 3.63) is 77.9 Å². The van der Waals surface area contributed by atoms with Gasteiger partial charge in [0.1, 0.15) is 0 Å². The summed E-state index contributed by atoms with van der Waals surface area (Å²) >= 11 is 0. The number of aromatic nitrogens is 1. The van der Waals surface area contributed by atoms with Gasteiger partial charge in [-0.15, -0.1) is 0 Å². The molecule has 5 heteroatoms. The van der Waals surface area contributed by atoms with Crippen LogP contribution in [0.5, 0.6) is 0 Å². The molecule has 0 spiro atoms. The van der Waals surface area contributed by atoms with Gasteiger partial charge in [0.25, 0.3) is 0 Å². The Bertz CT molecular complexity index is 828. The SMILES string of the molecule is NC(=O)c1ccc(-c2cccc(-c3ccc(C(N)=O)cc3)n2)cc1. The first-order valence-corrected chi connectivity index (χ1v) is 7.32. The number of rotatable bonds is 4. The van der Waals surface area contributed by atoms with Crippen molar-refractivity contribution in [3.8, 4) is 22.5 Å². The van der Waals surface area contributed by atoms with Crippen molar-refractivity contribution in [2.24, 2.45) is 11.5 Å². The summed E-state index contributed by atoms with van der Waals surface area (Å²) in [5.74, 6) is -0.921. The number of primary amides is 2. The van der Waals surface area contributed by atoms with Gasteiger partial charge in [-0.1, -0.05) is 30.3 Å². The molecule has 3 aromatic rings. The molecule has 0 bridgehead atoms. The molecule has 118 valence electrons. The third kappa shape index (κ3) is 3.15. The van der Waals surface area contributed by atoms with Crippen molar-refractivity contribution in [2.45, 2.75) is 0 Å². The second kappa shape index (κ2) is 6.34. The van der Waals surface area contributed by atoms with Crippen molar-refractivity contribution in [3.63, 3.8) is 0 Å². The minimum absolute atomic E-state index is 0.456. The van der Waals surface area contributed by atoms with Gasteiger partial charge in [-0.3, -0.25) is 9.59 Å². The van der Waals surface area contributed by atoms with Gasteiger partial charge in [-0.2, -0.15) is 0 Å². The number of nitrogens with two attached hydrogens (primary N) is 2. The molecule has 0 saturated heterocycles. The first-order chi connectivity index (χ1) is 11.5. The Hall–Kier alpha value is -3.47. The van der Waals surface area contributed by atoms with Gasteiger partial charge < -0.3 is 11.5 Å². The minimum atomic E-state index is -0.460. The van der Waals surface area contributed by atoms with Crippen molar-refractivity contribution < 1.29 is 9.59 Å². The number of nitrogens with zero attached hydrogens (tertiary/aromatic N) is 1. The molecular weight excluding hydrogens is 302 g/mol. The topological polar surface area (TPSA) is 99.1 Å². The number of carbonyl (C=O) groups is 2. The fourth-order valence-corrected chi connectivity index (χ4v) is 2.37. The highest BCUT2D eigenvalue weighted by Gasteiger charge is 2.06. The Morgan fingerprint density at radius 1 is 0.625 bits per heavy atom. The number of hydrogen-bond acceptors (Lipinski definition) is 3. The van der Waals surface area contributed by atoms with E-state index in [1.54, 1.807) is 24.3 Å². The van der Waals surface area contributed by atoms with Gasteiger partial charge in [0.15, 0.2) is 0 Å². The first-order valence-electron chi connectivity index (χ1n) is 7.32. The van der Waals surface area contributed by atoms with Crippen LogP contribution in [0.2, 0.25) is 0 Å². The van der Waals surface area contributed by atoms with Gasteiger partial charge in [-0.25, -0.2) is 4.98 Å². The third-order valence-electron chi connectivity index (χ3n) is 3.68. The zero-order valence-electron chi connectivity index (χ0n) is 12.8. The summed E-state index contributed by atoms with van der Waals surface area (Å²) in [6.45, 7) is 0.